The summed E-state index contributed by atoms with van der Waals surface area (Å²) in [6.45, 7) is 0. The molecule has 4 aromatic carbocycles. The lowest BCUT2D eigenvalue weighted by atomic mass is 10.3. The second-order valence-electron chi connectivity index (χ2n) is 6.17. The second kappa shape index (κ2) is 8.93. The van der Waals surface area contributed by atoms with Crippen LogP contribution >= 0.6 is 19.5 Å². The molecule has 0 bridgehead atoms. The van der Waals surface area contributed by atoms with Gasteiger partial charge in [-0.15, -0.1) is 5.11 Å². The van der Waals surface area contributed by atoms with Crippen molar-refractivity contribution < 1.29 is 0 Å². The molecule has 0 amide bonds. The van der Waals surface area contributed by atoms with Crippen molar-refractivity contribution in [1.29, 1.82) is 0 Å². The summed E-state index contributed by atoms with van der Waals surface area (Å²) in [7, 11) is -0.727. The normalized spacial score (nSPS) is 11.2. The molecule has 0 aliphatic rings. The van der Waals surface area contributed by atoms with Crippen LogP contribution in [0.5, 0.6) is 0 Å². The van der Waals surface area contributed by atoms with Gasteiger partial charge in [-0.25, -0.2) is 0 Å². The average Bonchev–Trinajstić information content (AvgIpc) is 2.76. The maximum Gasteiger partial charge on any atom is 0.0940 e. The van der Waals surface area contributed by atoms with E-state index in [1.54, 1.807) is 0 Å². The van der Waals surface area contributed by atoms with Gasteiger partial charge in [0.1, 0.15) is 0 Å². The van der Waals surface area contributed by atoms with Gasteiger partial charge in [-0.05, 0) is 48.9 Å². The molecule has 4 rings (SSSR count). The van der Waals surface area contributed by atoms with Crippen molar-refractivity contribution in [2.75, 3.05) is 0 Å². The number of hydrogen-bond acceptors (Lipinski definition) is 2. The number of halogens is 1. The standard InChI is InChI=1S/C24H18ClN2P/c25-19-15-17-20(18-16-19)26-27-23-13-7-8-14-24(23)28(21-9-3-1-4-10-21)22-11-5-2-6-12-22/h1-18H. The lowest BCUT2D eigenvalue weighted by Gasteiger charge is -2.20. The van der Waals surface area contributed by atoms with E-state index in [9.17, 15) is 0 Å². The summed E-state index contributed by atoms with van der Waals surface area (Å²) >= 11 is 5.96. The van der Waals surface area contributed by atoms with E-state index >= 15 is 0 Å². The lowest BCUT2D eigenvalue weighted by molar-refractivity contribution is 1.24. The molecule has 0 aliphatic heterocycles. The zero-order valence-corrected chi connectivity index (χ0v) is 16.8. The molecule has 0 heterocycles. The van der Waals surface area contributed by atoms with E-state index in [2.05, 4.69) is 70.9 Å². The minimum atomic E-state index is -0.727. The van der Waals surface area contributed by atoms with Crippen LogP contribution in [0.2, 0.25) is 5.02 Å². The summed E-state index contributed by atoms with van der Waals surface area (Å²) in [5, 5.41) is 13.5. The van der Waals surface area contributed by atoms with Gasteiger partial charge < -0.3 is 0 Å². The molecule has 0 radical (unpaired) electrons. The Bertz CT molecular complexity index is 1030. The lowest BCUT2D eigenvalue weighted by Crippen LogP contribution is -2.20. The first-order chi connectivity index (χ1) is 13.8. The summed E-state index contributed by atoms with van der Waals surface area (Å²) in [6, 6.07) is 36.8. The van der Waals surface area contributed by atoms with Crippen LogP contribution in [0.1, 0.15) is 0 Å². The summed E-state index contributed by atoms with van der Waals surface area (Å²) < 4.78 is 0. The first-order valence-corrected chi connectivity index (χ1v) is 10.7. The summed E-state index contributed by atoms with van der Waals surface area (Å²) in [4.78, 5) is 0. The smallest absolute Gasteiger partial charge is 0.0940 e. The van der Waals surface area contributed by atoms with E-state index in [0.717, 1.165) is 11.4 Å². The Morgan fingerprint density at radius 1 is 0.536 bits per heavy atom. The van der Waals surface area contributed by atoms with Crippen LogP contribution in [0.3, 0.4) is 0 Å². The van der Waals surface area contributed by atoms with E-state index in [0.29, 0.717) is 5.02 Å². The Morgan fingerprint density at radius 2 is 1.07 bits per heavy atom. The van der Waals surface area contributed by atoms with Gasteiger partial charge >= 0.3 is 0 Å². The Morgan fingerprint density at radius 3 is 1.68 bits per heavy atom. The number of azo groups is 1. The van der Waals surface area contributed by atoms with Gasteiger partial charge in [0.15, 0.2) is 0 Å². The van der Waals surface area contributed by atoms with Crippen molar-refractivity contribution >= 4 is 46.8 Å². The number of nitrogens with zero attached hydrogens (tertiary/aromatic N) is 2. The largest absolute Gasteiger partial charge is 0.151 e. The van der Waals surface area contributed by atoms with Crippen molar-refractivity contribution in [2.24, 2.45) is 10.2 Å². The SMILES string of the molecule is Clc1ccc(N=Nc2ccccc2P(c2ccccc2)c2ccccc2)cc1. The second-order valence-corrected chi connectivity index (χ2v) is 8.79. The molecule has 0 unspecified atom stereocenters. The van der Waals surface area contributed by atoms with Gasteiger partial charge in [-0.1, -0.05) is 90.5 Å². The highest BCUT2D eigenvalue weighted by Crippen LogP contribution is 2.36. The topological polar surface area (TPSA) is 24.7 Å². The van der Waals surface area contributed by atoms with E-state index in [4.69, 9.17) is 11.6 Å². The first-order valence-electron chi connectivity index (χ1n) is 8.98. The Labute approximate surface area is 171 Å². The molecular formula is C24H18ClN2P. The van der Waals surface area contributed by atoms with Crippen molar-refractivity contribution in [3.63, 3.8) is 0 Å². The fraction of sp³-hybridized carbons (Fsp3) is 0. The highest BCUT2D eigenvalue weighted by atomic mass is 35.5. The monoisotopic (exact) mass is 400 g/mol. The third-order valence-electron chi connectivity index (χ3n) is 4.25. The molecule has 0 N–H and O–H groups in total. The van der Waals surface area contributed by atoms with Gasteiger partial charge in [0.05, 0.1) is 11.4 Å². The maximum absolute atomic E-state index is 5.96. The molecule has 2 nitrogen and oxygen atoms in total. The molecule has 0 fully saturated rings. The van der Waals surface area contributed by atoms with Crippen LogP contribution < -0.4 is 15.9 Å². The van der Waals surface area contributed by atoms with Gasteiger partial charge in [0.25, 0.3) is 0 Å². The Balaban J connectivity index is 1.78. The summed E-state index contributed by atoms with van der Waals surface area (Å²) in [5.41, 5.74) is 1.67. The number of hydrogen-bond donors (Lipinski definition) is 0. The van der Waals surface area contributed by atoms with Crippen molar-refractivity contribution in [3.8, 4) is 0 Å². The van der Waals surface area contributed by atoms with Gasteiger partial charge in [-0.3, -0.25) is 0 Å². The maximum atomic E-state index is 5.96. The third-order valence-corrected chi connectivity index (χ3v) is 6.99. The molecule has 4 aromatic rings. The zero-order valence-electron chi connectivity index (χ0n) is 15.1. The highest BCUT2D eigenvalue weighted by Gasteiger charge is 2.19. The van der Waals surface area contributed by atoms with Gasteiger partial charge in [-0.2, -0.15) is 5.11 Å². The molecule has 4 heteroatoms. The molecule has 0 saturated heterocycles. The molecule has 28 heavy (non-hydrogen) atoms. The fourth-order valence-electron chi connectivity index (χ4n) is 2.94. The van der Waals surface area contributed by atoms with Crippen molar-refractivity contribution in [3.05, 3.63) is 114 Å². The van der Waals surface area contributed by atoms with E-state index < -0.39 is 7.92 Å². The fourth-order valence-corrected chi connectivity index (χ4v) is 5.44. The van der Waals surface area contributed by atoms with Crippen LogP contribution in [0, 0.1) is 0 Å². The quantitative estimate of drug-likeness (QED) is 0.269. The Kier molecular flexibility index (Phi) is 5.92. The summed E-state index contributed by atoms with van der Waals surface area (Å²) in [5.74, 6) is 0. The third kappa shape index (κ3) is 4.36. The Hall–Kier alpha value is -2.80. The molecule has 0 aliphatic carbocycles. The molecule has 0 atom stereocenters. The number of benzene rings is 4. The van der Waals surface area contributed by atoms with E-state index in [1.165, 1.54) is 15.9 Å². The van der Waals surface area contributed by atoms with Gasteiger partial charge in [0.2, 0.25) is 0 Å². The molecular weight excluding hydrogens is 383 g/mol. The first kappa shape index (κ1) is 18.6. The van der Waals surface area contributed by atoms with Crippen LogP contribution in [-0.4, -0.2) is 0 Å². The number of rotatable bonds is 5. The van der Waals surface area contributed by atoms with Crippen molar-refractivity contribution in [1.82, 2.24) is 0 Å². The van der Waals surface area contributed by atoms with Crippen LogP contribution in [0.15, 0.2) is 119 Å². The predicted octanol–water partition coefficient (Wildman–Crippen LogP) is 6.51. The van der Waals surface area contributed by atoms with E-state index in [-0.39, 0.29) is 0 Å². The minimum absolute atomic E-state index is 0.691. The van der Waals surface area contributed by atoms with Crippen LogP contribution in [0.4, 0.5) is 11.4 Å². The molecule has 0 saturated carbocycles. The molecule has 0 spiro atoms. The van der Waals surface area contributed by atoms with E-state index in [1.807, 2.05) is 48.5 Å². The highest BCUT2D eigenvalue weighted by molar-refractivity contribution is 7.80. The molecule has 136 valence electrons. The minimum Gasteiger partial charge on any atom is -0.151 e. The average molecular weight is 401 g/mol. The summed E-state index contributed by atoms with van der Waals surface area (Å²) in [6.07, 6.45) is 0. The zero-order chi connectivity index (χ0) is 19.2. The van der Waals surface area contributed by atoms with Gasteiger partial charge in [0, 0.05) is 10.3 Å². The predicted molar refractivity (Wildman–Crippen MR) is 121 cm³/mol. The van der Waals surface area contributed by atoms with Crippen molar-refractivity contribution in [2.45, 2.75) is 0 Å². The van der Waals surface area contributed by atoms with Crippen LogP contribution in [0.25, 0.3) is 0 Å². The molecule has 0 aromatic heterocycles. The van der Waals surface area contributed by atoms with Crippen LogP contribution in [-0.2, 0) is 0 Å².